The highest BCUT2D eigenvalue weighted by Crippen LogP contribution is 2.22. The van der Waals surface area contributed by atoms with Gasteiger partial charge in [0.1, 0.15) is 5.82 Å². The summed E-state index contributed by atoms with van der Waals surface area (Å²) in [6.45, 7) is 3.53. The van der Waals surface area contributed by atoms with E-state index in [2.05, 4.69) is 17.2 Å². The van der Waals surface area contributed by atoms with Gasteiger partial charge in [-0.1, -0.05) is 11.6 Å². The van der Waals surface area contributed by atoms with Crippen molar-refractivity contribution >= 4 is 17.3 Å². The smallest absolute Gasteiger partial charge is 0.124 e. The Morgan fingerprint density at radius 3 is 3.00 bits per heavy atom. The molecule has 1 aromatic heterocycles. The molecule has 0 spiro atoms. The SMILES string of the molecule is CCn1cncc1CNc1ccc(F)cc1Cl. The molecule has 1 heterocycles. The Morgan fingerprint density at radius 1 is 1.47 bits per heavy atom. The highest BCUT2D eigenvalue weighted by Gasteiger charge is 2.04. The number of nitrogens with one attached hydrogen (secondary N) is 1. The van der Waals surface area contributed by atoms with E-state index in [4.69, 9.17) is 11.6 Å². The molecule has 5 heteroatoms. The van der Waals surface area contributed by atoms with Gasteiger partial charge in [0.15, 0.2) is 0 Å². The Balaban J connectivity index is 2.07. The molecule has 2 rings (SSSR count). The van der Waals surface area contributed by atoms with Crippen LogP contribution in [0, 0.1) is 5.82 Å². The van der Waals surface area contributed by atoms with E-state index in [1.807, 2.05) is 4.57 Å². The third-order valence-corrected chi connectivity index (χ3v) is 2.84. The number of benzene rings is 1. The second-order valence-electron chi connectivity index (χ2n) is 3.65. The lowest BCUT2D eigenvalue weighted by molar-refractivity contribution is 0.628. The van der Waals surface area contributed by atoms with Gasteiger partial charge in [0.05, 0.1) is 29.3 Å². The number of anilines is 1. The summed E-state index contributed by atoms with van der Waals surface area (Å²) in [4.78, 5) is 4.07. The molecule has 0 atom stereocenters. The summed E-state index contributed by atoms with van der Waals surface area (Å²) in [6, 6.07) is 4.30. The summed E-state index contributed by atoms with van der Waals surface area (Å²) in [5, 5.41) is 3.54. The van der Waals surface area contributed by atoms with Gasteiger partial charge in [-0.3, -0.25) is 0 Å². The minimum atomic E-state index is -0.334. The molecule has 0 saturated carbocycles. The Kier molecular flexibility index (Phi) is 3.64. The zero-order chi connectivity index (χ0) is 12.3. The number of imidazole rings is 1. The lowest BCUT2D eigenvalue weighted by atomic mass is 10.3. The third kappa shape index (κ3) is 2.77. The summed E-state index contributed by atoms with van der Waals surface area (Å²) >= 11 is 5.92. The fraction of sp³-hybridized carbons (Fsp3) is 0.250. The topological polar surface area (TPSA) is 29.9 Å². The largest absolute Gasteiger partial charge is 0.378 e. The molecule has 0 bridgehead atoms. The molecular weight excluding hydrogens is 241 g/mol. The minimum absolute atomic E-state index is 0.334. The van der Waals surface area contributed by atoms with Crippen LogP contribution in [0.1, 0.15) is 12.6 Å². The predicted octanol–water partition coefficient (Wildman–Crippen LogP) is 3.31. The quantitative estimate of drug-likeness (QED) is 0.906. The van der Waals surface area contributed by atoms with E-state index in [-0.39, 0.29) is 5.82 Å². The highest BCUT2D eigenvalue weighted by molar-refractivity contribution is 6.33. The summed E-state index contributed by atoms with van der Waals surface area (Å²) in [6.07, 6.45) is 3.58. The zero-order valence-corrected chi connectivity index (χ0v) is 10.2. The van der Waals surface area contributed by atoms with E-state index >= 15 is 0 Å². The maximum absolute atomic E-state index is 12.9. The van der Waals surface area contributed by atoms with Crippen molar-refractivity contribution in [3.63, 3.8) is 0 Å². The van der Waals surface area contributed by atoms with E-state index in [0.717, 1.165) is 17.9 Å². The van der Waals surface area contributed by atoms with Crippen molar-refractivity contribution < 1.29 is 4.39 Å². The third-order valence-electron chi connectivity index (χ3n) is 2.53. The molecule has 0 unspecified atom stereocenters. The van der Waals surface area contributed by atoms with Gasteiger partial charge in [0, 0.05) is 12.7 Å². The van der Waals surface area contributed by atoms with Crippen LogP contribution in [-0.2, 0) is 13.1 Å². The van der Waals surface area contributed by atoms with Crippen LogP contribution in [0.15, 0.2) is 30.7 Å². The monoisotopic (exact) mass is 253 g/mol. The molecule has 17 heavy (non-hydrogen) atoms. The number of aryl methyl sites for hydroxylation is 1. The van der Waals surface area contributed by atoms with Crippen LogP contribution in [0.25, 0.3) is 0 Å². The van der Waals surface area contributed by atoms with Gasteiger partial charge in [-0.25, -0.2) is 9.37 Å². The fourth-order valence-corrected chi connectivity index (χ4v) is 1.83. The average Bonchev–Trinajstić information content (AvgIpc) is 2.75. The van der Waals surface area contributed by atoms with E-state index in [0.29, 0.717) is 11.6 Å². The van der Waals surface area contributed by atoms with Crippen LogP contribution < -0.4 is 5.32 Å². The fourth-order valence-electron chi connectivity index (χ4n) is 1.60. The number of rotatable bonds is 4. The van der Waals surface area contributed by atoms with Crippen molar-refractivity contribution in [3.05, 3.63) is 47.3 Å². The van der Waals surface area contributed by atoms with Crippen LogP contribution in [-0.4, -0.2) is 9.55 Å². The van der Waals surface area contributed by atoms with Crippen LogP contribution in [0.5, 0.6) is 0 Å². The lowest BCUT2D eigenvalue weighted by Gasteiger charge is -2.09. The Hall–Kier alpha value is -1.55. The first-order valence-electron chi connectivity index (χ1n) is 5.38. The molecule has 0 aliphatic rings. The number of halogens is 2. The van der Waals surface area contributed by atoms with Crippen molar-refractivity contribution in [2.24, 2.45) is 0 Å². The van der Waals surface area contributed by atoms with E-state index in [1.54, 1.807) is 18.6 Å². The lowest BCUT2D eigenvalue weighted by Crippen LogP contribution is -2.06. The summed E-state index contributed by atoms with van der Waals surface area (Å²) < 4.78 is 14.9. The van der Waals surface area contributed by atoms with Crippen molar-refractivity contribution in [2.75, 3.05) is 5.32 Å². The number of hydrogen-bond acceptors (Lipinski definition) is 2. The predicted molar refractivity (Wildman–Crippen MR) is 66.6 cm³/mol. The number of nitrogens with zero attached hydrogens (tertiary/aromatic N) is 2. The second kappa shape index (κ2) is 5.19. The van der Waals surface area contributed by atoms with Gasteiger partial charge in [0.2, 0.25) is 0 Å². The average molecular weight is 254 g/mol. The molecule has 0 amide bonds. The molecule has 3 nitrogen and oxygen atoms in total. The zero-order valence-electron chi connectivity index (χ0n) is 9.45. The van der Waals surface area contributed by atoms with Gasteiger partial charge < -0.3 is 9.88 Å². The highest BCUT2D eigenvalue weighted by atomic mass is 35.5. The van der Waals surface area contributed by atoms with Gasteiger partial charge in [-0.05, 0) is 25.1 Å². The second-order valence-corrected chi connectivity index (χ2v) is 4.06. The maximum atomic E-state index is 12.9. The molecule has 1 aromatic carbocycles. The molecule has 0 radical (unpaired) electrons. The van der Waals surface area contributed by atoms with Gasteiger partial charge in [-0.2, -0.15) is 0 Å². The molecule has 2 aromatic rings. The Bertz CT molecular complexity index is 510. The first-order valence-corrected chi connectivity index (χ1v) is 5.76. The normalized spacial score (nSPS) is 10.5. The van der Waals surface area contributed by atoms with Crippen LogP contribution in [0.4, 0.5) is 10.1 Å². The summed E-state index contributed by atoms with van der Waals surface area (Å²) in [5.41, 5.74) is 1.78. The van der Waals surface area contributed by atoms with Crippen LogP contribution in [0.2, 0.25) is 5.02 Å². The molecular formula is C12H13ClFN3. The molecule has 1 N–H and O–H groups in total. The Morgan fingerprint density at radius 2 is 2.29 bits per heavy atom. The van der Waals surface area contributed by atoms with E-state index in [9.17, 15) is 4.39 Å². The van der Waals surface area contributed by atoms with Crippen LogP contribution >= 0.6 is 11.6 Å². The van der Waals surface area contributed by atoms with Gasteiger partial charge in [-0.15, -0.1) is 0 Å². The molecule has 90 valence electrons. The van der Waals surface area contributed by atoms with Crippen molar-refractivity contribution in [1.82, 2.24) is 9.55 Å². The molecule has 0 saturated heterocycles. The standard InChI is InChI=1S/C12H13ClFN3/c1-2-17-8-15-6-10(17)7-16-12-4-3-9(14)5-11(12)13/h3-6,8,16H,2,7H2,1H3. The summed E-state index contributed by atoms with van der Waals surface area (Å²) in [5.74, 6) is -0.334. The van der Waals surface area contributed by atoms with Gasteiger partial charge >= 0.3 is 0 Å². The maximum Gasteiger partial charge on any atom is 0.124 e. The first kappa shape index (κ1) is 11.9. The first-order chi connectivity index (χ1) is 8.20. The van der Waals surface area contributed by atoms with Gasteiger partial charge in [0.25, 0.3) is 0 Å². The Labute approximate surface area is 104 Å². The number of hydrogen-bond donors (Lipinski definition) is 1. The molecule has 0 fully saturated rings. The van der Waals surface area contributed by atoms with Crippen molar-refractivity contribution in [3.8, 4) is 0 Å². The van der Waals surface area contributed by atoms with Crippen LogP contribution in [0.3, 0.4) is 0 Å². The minimum Gasteiger partial charge on any atom is -0.378 e. The molecule has 0 aliphatic heterocycles. The van der Waals surface area contributed by atoms with Crippen molar-refractivity contribution in [1.29, 1.82) is 0 Å². The van der Waals surface area contributed by atoms with E-state index < -0.39 is 0 Å². The summed E-state index contributed by atoms with van der Waals surface area (Å²) in [7, 11) is 0. The van der Waals surface area contributed by atoms with Crippen molar-refractivity contribution in [2.45, 2.75) is 20.0 Å². The molecule has 0 aliphatic carbocycles. The van der Waals surface area contributed by atoms with E-state index in [1.165, 1.54) is 12.1 Å². The number of aromatic nitrogens is 2.